The highest BCUT2D eigenvalue weighted by Crippen LogP contribution is 2.23. The van der Waals surface area contributed by atoms with Crippen LogP contribution in [0.25, 0.3) is 0 Å². The van der Waals surface area contributed by atoms with Gasteiger partial charge >= 0.3 is 0 Å². The van der Waals surface area contributed by atoms with Gasteiger partial charge in [-0.2, -0.15) is 0 Å². The molecule has 0 fully saturated rings. The van der Waals surface area contributed by atoms with Crippen LogP contribution in [0.1, 0.15) is 5.56 Å². The average molecular weight is 308 g/mol. The first kappa shape index (κ1) is 15.1. The van der Waals surface area contributed by atoms with Gasteiger partial charge in [0.2, 0.25) is 5.88 Å². The summed E-state index contributed by atoms with van der Waals surface area (Å²) >= 11 is 0. The first-order valence-corrected chi connectivity index (χ1v) is 7.62. The Morgan fingerprint density at radius 3 is 2.38 bits per heavy atom. The molecule has 1 N–H and O–H groups in total. The molecule has 0 radical (unpaired) electrons. The van der Waals surface area contributed by atoms with Gasteiger partial charge < -0.3 is 9.47 Å². The SMILES string of the molecule is COc1ccc(S(=O)(=O)Nc2ccc(OC)nc2)c(C)c1. The minimum absolute atomic E-state index is 0.194. The maximum absolute atomic E-state index is 12.4. The van der Waals surface area contributed by atoms with Crippen LogP contribution in [0, 0.1) is 6.92 Å². The van der Waals surface area contributed by atoms with Gasteiger partial charge in [0.05, 0.1) is 31.0 Å². The molecule has 1 aromatic carbocycles. The van der Waals surface area contributed by atoms with Crippen LogP contribution in [0.3, 0.4) is 0 Å². The monoisotopic (exact) mass is 308 g/mol. The van der Waals surface area contributed by atoms with Crippen LogP contribution in [0.15, 0.2) is 41.4 Å². The van der Waals surface area contributed by atoms with Crippen molar-refractivity contribution < 1.29 is 17.9 Å². The molecule has 1 aromatic heterocycles. The molecule has 112 valence electrons. The predicted molar refractivity (Wildman–Crippen MR) is 79.3 cm³/mol. The van der Waals surface area contributed by atoms with Gasteiger partial charge in [-0.15, -0.1) is 0 Å². The molecular weight excluding hydrogens is 292 g/mol. The van der Waals surface area contributed by atoms with E-state index in [-0.39, 0.29) is 4.90 Å². The number of nitrogens with one attached hydrogen (secondary N) is 1. The first-order chi connectivity index (χ1) is 9.96. The van der Waals surface area contributed by atoms with E-state index >= 15 is 0 Å². The van der Waals surface area contributed by atoms with Crippen molar-refractivity contribution in [3.63, 3.8) is 0 Å². The fraction of sp³-hybridized carbons (Fsp3) is 0.214. The maximum atomic E-state index is 12.4. The molecule has 0 spiro atoms. The number of nitrogens with zero attached hydrogens (tertiary/aromatic N) is 1. The summed E-state index contributed by atoms with van der Waals surface area (Å²) in [6.45, 7) is 1.71. The molecule has 0 unspecified atom stereocenters. The second-order valence-corrected chi connectivity index (χ2v) is 5.98. The summed E-state index contributed by atoms with van der Waals surface area (Å²) in [7, 11) is -0.650. The minimum Gasteiger partial charge on any atom is -0.497 e. The molecule has 0 bridgehead atoms. The van der Waals surface area contributed by atoms with E-state index in [1.807, 2.05) is 0 Å². The van der Waals surface area contributed by atoms with Gasteiger partial charge in [-0.25, -0.2) is 13.4 Å². The number of methoxy groups -OCH3 is 2. The predicted octanol–water partition coefficient (Wildman–Crippen LogP) is 2.21. The van der Waals surface area contributed by atoms with Crippen molar-refractivity contribution in [2.45, 2.75) is 11.8 Å². The molecule has 6 nitrogen and oxygen atoms in total. The Bertz CT molecular complexity index is 727. The van der Waals surface area contributed by atoms with Crippen molar-refractivity contribution in [3.8, 4) is 11.6 Å². The van der Waals surface area contributed by atoms with Gasteiger partial charge in [-0.3, -0.25) is 4.72 Å². The van der Waals surface area contributed by atoms with Crippen LogP contribution in [0.2, 0.25) is 0 Å². The Morgan fingerprint density at radius 2 is 1.86 bits per heavy atom. The molecule has 7 heteroatoms. The highest BCUT2D eigenvalue weighted by atomic mass is 32.2. The van der Waals surface area contributed by atoms with Crippen molar-refractivity contribution in [1.82, 2.24) is 4.98 Å². The fourth-order valence-corrected chi connectivity index (χ4v) is 3.09. The lowest BCUT2D eigenvalue weighted by molar-refractivity contribution is 0.398. The van der Waals surface area contributed by atoms with Gasteiger partial charge in [0.1, 0.15) is 5.75 Å². The number of ether oxygens (including phenoxy) is 2. The van der Waals surface area contributed by atoms with Crippen LogP contribution in [0.5, 0.6) is 11.6 Å². The molecule has 0 atom stereocenters. The second kappa shape index (κ2) is 6.01. The number of hydrogen-bond acceptors (Lipinski definition) is 5. The standard InChI is InChI=1S/C14H16N2O4S/c1-10-8-12(19-2)5-6-13(10)21(17,18)16-11-4-7-14(20-3)15-9-11/h4-9,16H,1-3H3. The summed E-state index contributed by atoms with van der Waals surface area (Å²) in [5.74, 6) is 1.02. The number of rotatable bonds is 5. The Balaban J connectivity index is 2.29. The number of hydrogen-bond donors (Lipinski definition) is 1. The lowest BCUT2D eigenvalue weighted by Gasteiger charge is -2.11. The van der Waals surface area contributed by atoms with Crippen molar-refractivity contribution >= 4 is 15.7 Å². The van der Waals surface area contributed by atoms with Crippen LogP contribution >= 0.6 is 0 Å². The number of anilines is 1. The van der Waals surface area contributed by atoms with E-state index in [9.17, 15) is 8.42 Å². The van der Waals surface area contributed by atoms with E-state index in [4.69, 9.17) is 9.47 Å². The number of benzene rings is 1. The molecule has 1 heterocycles. The van der Waals surface area contributed by atoms with Crippen molar-refractivity contribution in [3.05, 3.63) is 42.1 Å². The number of pyridine rings is 1. The molecule has 2 aromatic rings. The van der Waals surface area contributed by atoms with Crippen LogP contribution in [-0.4, -0.2) is 27.6 Å². The van der Waals surface area contributed by atoms with Crippen LogP contribution < -0.4 is 14.2 Å². The zero-order chi connectivity index (χ0) is 15.5. The first-order valence-electron chi connectivity index (χ1n) is 6.14. The fourth-order valence-electron chi connectivity index (χ4n) is 1.82. The van der Waals surface area contributed by atoms with Crippen molar-refractivity contribution in [2.24, 2.45) is 0 Å². The van der Waals surface area contributed by atoms with Gasteiger partial charge in [-0.05, 0) is 36.8 Å². The normalized spacial score (nSPS) is 11.0. The third kappa shape index (κ3) is 3.43. The van der Waals surface area contributed by atoms with E-state index in [1.54, 1.807) is 31.2 Å². The third-order valence-corrected chi connectivity index (χ3v) is 4.41. The van der Waals surface area contributed by atoms with Gasteiger partial charge in [0.15, 0.2) is 0 Å². The highest BCUT2D eigenvalue weighted by molar-refractivity contribution is 7.92. The second-order valence-electron chi connectivity index (χ2n) is 4.33. The van der Waals surface area contributed by atoms with Crippen molar-refractivity contribution in [1.29, 1.82) is 0 Å². The topological polar surface area (TPSA) is 77.5 Å². The Morgan fingerprint density at radius 1 is 1.10 bits per heavy atom. The minimum atomic E-state index is -3.67. The summed E-state index contributed by atoms with van der Waals surface area (Å²) in [4.78, 5) is 4.15. The van der Waals surface area contributed by atoms with Gasteiger partial charge in [0, 0.05) is 6.07 Å². The summed E-state index contributed by atoms with van der Waals surface area (Å²) < 4.78 is 37.2. The summed E-state index contributed by atoms with van der Waals surface area (Å²) in [6, 6.07) is 7.95. The lowest BCUT2D eigenvalue weighted by Crippen LogP contribution is -2.14. The largest absolute Gasteiger partial charge is 0.497 e. The molecule has 0 aliphatic rings. The molecule has 0 amide bonds. The number of aryl methyl sites for hydroxylation is 1. The molecule has 2 rings (SSSR count). The van der Waals surface area contributed by atoms with E-state index in [0.717, 1.165) is 0 Å². The molecule has 0 saturated carbocycles. The smallest absolute Gasteiger partial charge is 0.262 e. The summed E-state index contributed by atoms with van der Waals surface area (Å²) in [5, 5.41) is 0. The summed E-state index contributed by atoms with van der Waals surface area (Å²) in [6.07, 6.45) is 1.40. The van der Waals surface area contributed by atoms with Crippen molar-refractivity contribution in [2.75, 3.05) is 18.9 Å². The third-order valence-electron chi connectivity index (χ3n) is 2.87. The van der Waals surface area contributed by atoms with E-state index in [1.165, 1.54) is 26.5 Å². The van der Waals surface area contributed by atoms with Gasteiger partial charge in [-0.1, -0.05) is 0 Å². The molecule has 0 aliphatic carbocycles. The quantitative estimate of drug-likeness (QED) is 0.916. The zero-order valence-electron chi connectivity index (χ0n) is 12.0. The van der Waals surface area contributed by atoms with E-state index in [2.05, 4.69) is 9.71 Å². The molecule has 21 heavy (non-hydrogen) atoms. The van der Waals surface area contributed by atoms with E-state index in [0.29, 0.717) is 22.9 Å². The molecular formula is C14H16N2O4S. The van der Waals surface area contributed by atoms with Crippen LogP contribution in [-0.2, 0) is 10.0 Å². The molecule has 0 aliphatic heterocycles. The Hall–Kier alpha value is -2.28. The van der Waals surface area contributed by atoms with Crippen LogP contribution in [0.4, 0.5) is 5.69 Å². The summed E-state index contributed by atoms with van der Waals surface area (Å²) in [5.41, 5.74) is 0.967. The Kier molecular flexibility index (Phi) is 4.32. The zero-order valence-corrected chi connectivity index (χ0v) is 12.8. The van der Waals surface area contributed by atoms with Gasteiger partial charge in [0.25, 0.3) is 10.0 Å². The average Bonchev–Trinajstić information content (AvgIpc) is 2.47. The number of sulfonamides is 1. The molecule has 0 saturated heterocycles. The Labute approximate surface area is 123 Å². The maximum Gasteiger partial charge on any atom is 0.262 e. The highest BCUT2D eigenvalue weighted by Gasteiger charge is 2.17. The van der Waals surface area contributed by atoms with E-state index < -0.39 is 10.0 Å². The lowest BCUT2D eigenvalue weighted by atomic mass is 10.2. The number of aromatic nitrogens is 1.